The minimum Gasteiger partial charge on any atom is -0.384 e. The second-order valence-corrected chi connectivity index (χ2v) is 4.64. The SMILES string of the molecule is CCNc1nc(Cl)nc(Nc2ccccc2CCOC)n1. The Morgan fingerprint density at radius 2 is 1.90 bits per heavy atom. The number of para-hydroxylation sites is 1. The highest BCUT2D eigenvalue weighted by Gasteiger charge is 2.07. The fourth-order valence-electron chi connectivity index (χ4n) is 1.84. The van der Waals surface area contributed by atoms with Gasteiger partial charge in [-0.3, -0.25) is 0 Å². The van der Waals surface area contributed by atoms with E-state index in [1.165, 1.54) is 0 Å². The van der Waals surface area contributed by atoms with Crippen molar-refractivity contribution in [1.82, 2.24) is 15.0 Å². The van der Waals surface area contributed by atoms with Crippen molar-refractivity contribution in [3.63, 3.8) is 0 Å². The first-order valence-electron chi connectivity index (χ1n) is 6.72. The quantitative estimate of drug-likeness (QED) is 0.819. The van der Waals surface area contributed by atoms with Gasteiger partial charge in [-0.15, -0.1) is 0 Å². The molecule has 1 aromatic carbocycles. The zero-order chi connectivity index (χ0) is 15.1. The molecule has 0 atom stereocenters. The first-order valence-corrected chi connectivity index (χ1v) is 7.10. The van der Waals surface area contributed by atoms with Crippen LogP contribution in [-0.4, -0.2) is 35.2 Å². The summed E-state index contributed by atoms with van der Waals surface area (Å²) >= 11 is 5.91. The second kappa shape index (κ2) is 7.75. The van der Waals surface area contributed by atoms with E-state index in [4.69, 9.17) is 16.3 Å². The summed E-state index contributed by atoms with van der Waals surface area (Å²) in [4.78, 5) is 12.4. The fraction of sp³-hybridized carbons (Fsp3) is 0.357. The Balaban J connectivity index is 2.21. The normalized spacial score (nSPS) is 10.4. The number of nitrogens with zero attached hydrogens (tertiary/aromatic N) is 3. The summed E-state index contributed by atoms with van der Waals surface area (Å²) in [5.74, 6) is 0.866. The van der Waals surface area contributed by atoms with Crippen LogP contribution >= 0.6 is 11.6 Å². The van der Waals surface area contributed by atoms with Gasteiger partial charge in [0.25, 0.3) is 0 Å². The number of hydrogen-bond donors (Lipinski definition) is 2. The van der Waals surface area contributed by atoms with Crippen LogP contribution in [0, 0.1) is 0 Å². The molecule has 0 aliphatic heterocycles. The summed E-state index contributed by atoms with van der Waals surface area (Å²) in [5, 5.41) is 6.35. The van der Waals surface area contributed by atoms with Crippen LogP contribution in [0.2, 0.25) is 5.28 Å². The van der Waals surface area contributed by atoms with Crippen LogP contribution in [0.3, 0.4) is 0 Å². The predicted molar refractivity (Wildman–Crippen MR) is 84.3 cm³/mol. The van der Waals surface area contributed by atoms with Crippen molar-refractivity contribution in [3.8, 4) is 0 Å². The number of nitrogens with one attached hydrogen (secondary N) is 2. The van der Waals surface area contributed by atoms with Crippen molar-refractivity contribution in [2.75, 3.05) is 30.9 Å². The van der Waals surface area contributed by atoms with Crippen LogP contribution in [0.25, 0.3) is 0 Å². The van der Waals surface area contributed by atoms with E-state index in [2.05, 4.69) is 25.6 Å². The molecule has 2 rings (SSSR count). The highest BCUT2D eigenvalue weighted by atomic mass is 35.5. The molecule has 112 valence electrons. The van der Waals surface area contributed by atoms with Crippen molar-refractivity contribution in [1.29, 1.82) is 0 Å². The first-order chi connectivity index (χ1) is 10.2. The maximum absolute atomic E-state index is 5.91. The lowest BCUT2D eigenvalue weighted by atomic mass is 10.1. The van der Waals surface area contributed by atoms with E-state index in [0.717, 1.165) is 17.7 Å². The predicted octanol–water partition coefficient (Wildman–Crippen LogP) is 2.89. The van der Waals surface area contributed by atoms with E-state index in [-0.39, 0.29) is 5.28 Å². The van der Waals surface area contributed by atoms with E-state index in [0.29, 0.717) is 25.0 Å². The molecule has 2 N–H and O–H groups in total. The molecule has 0 saturated heterocycles. The average molecular weight is 308 g/mol. The molecule has 0 aliphatic carbocycles. The van der Waals surface area contributed by atoms with Gasteiger partial charge in [-0.25, -0.2) is 0 Å². The zero-order valence-electron chi connectivity index (χ0n) is 12.1. The van der Waals surface area contributed by atoms with Crippen LogP contribution in [0.4, 0.5) is 17.6 Å². The Kier molecular flexibility index (Phi) is 5.71. The Bertz CT molecular complexity index is 593. The molecule has 1 aromatic heterocycles. The zero-order valence-corrected chi connectivity index (χ0v) is 12.8. The minimum atomic E-state index is 0.151. The summed E-state index contributed by atoms with van der Waals surface area (Å²) in [5.41, 5.74) is 2.06. The van der Waals surface area contributed by atoms with Gasteiger partial charge in [-0.05, 0) is 36.6 Å². The summed E-state index contributed by atoms with van der Waals surface area (Å²) in [6, 6.07) is 7.94. The van der Waals surface area contributed by atoms with Gasteiger partial charge < -0.3 is 15.4 Å². The van der Waals surface area contributed by atoms with Crippen LogP contribution in [0.15, 0.2) is 24.3 Å². The maximum atomic E-state index is 5.91. The second-order valence-electron chi connectivity index (χ2n) is 4.31. The number of hydrogen-bond acceptors (Lipinski definition) is 6. The smallest absolute Gasteiger partial charge is 0.233 e. The molecule has 6 nitrogen and oxygen atoms in total. The number of rotatable bonds is 7. The number of anilines is 3. The average Bonchev–Trinajstić information content (AvgIpc) is 2.46. The minimum absolute atomic E-state index is 0.151. The maximum Gasteiger partial charge on any atom is 0.233 e. The van der Waals surface area contributed by atoms with Crippen LogP contribution in [0.1, 0.15) is 12.5 Å². The molecule has 0 bridgehead atoms. The molecular weight excluding hydrogens is 290 g/mol. The third kappa shape index (κ3) is 4.54. The van der Waals surface area contributed by atoms with Gasteiger partial charge in [0.1, 0.15) is 0 Å². The summed E-state index contributed by atoms with van der Waals surface area (Å²) in [6.07, 6.45) is 0.804. The van der Waals surface area contributed by atoms with Crippen molar-refractivity contribution < 1.29 is 4.74 Å². The standard InChI is InChI=1S/C14H18ClN5O/c1-3-16-13-18-12(15)19-14(20-13)17-11-7-5-4-6-10(11)8-9-21-2/h4-7H,3,8-9H2,1-2H3,(H2,16,17,18,19,20). The first kappa shape index (κ1) is 15.5. The third-order valence-electron chi connectivity index (χ3n) is 2.78. The van der Waals surface area contributed by atoms with E-state index in [9.17, 15) is 0 Å². The van der Waals surface area contributed by atoms with E-state index in [1.807, 2.05) is 31.2 Å². The van der Waals surface area contributed by atoms with Crippen LogP contribution in [0.5, 0.6) is 0 Å². The molecular formula is C14H18ClN5O. The van der Waals surface area contributed by atoms with Crippen molar-refractivity contribution in [2.45, 2.75) is 13.3 Å². The highest BCUT2D eigenvalue weighted by molar-refractivity contribution is 6.28. The molecule has 21 heavy (non-hydrogen) atoms. The lowest BCUT2D eigenvalue weighted by molar-refractivity contribution is 0.202. The summed E-state index contributed by atoms with van der Waals surface area (Å²) in [7, 11) is 1.69. The summed E-state index contributed by atoms with van der Waals surface area (Å²) in [6.45, 7) is 3.33. The van der Waals surface area contributed by atoms with Gasteiger partial charge >= 0.3 is 0 Å². The van der Waals surface area contributed by atoms with Gasteiger partial charge in [-0.1, -0.05) is 18.2 Å². The monoisotopic (exact) mass is 307 g/mol. The van der Waals surface area contributed by atoms with Gasteiger partial charge in [0, 0.05) is 19.3 Å². The number of halogens is 1. The molecule has 0 aliphatic rings. The van der Waals surface area contributed by atoms with Crippen LogP contribution in [-0.2, 0) is 11.2 Å². The number of aromatic nitrogens is 3. The van der Waals surface area contributed by atoms with E-state index >= 15 is 0 Å². The Labute approximate surface area is 128 Å². The number of ether oxygens (including phenoxy) is 1. The molecule has 0 unspecified atom stereocenters. The van der Waals surface area contributed by atoms with E-state index in [1.54, 1.807) is 7.11 Å². The molecule has 0 saturated carbocycles. The molecule has 2 aromatic rings. The molecule has 7 heteroatoms. The topological polar surface area (TPSA) is 72.0 Å². The summed E-state index contributed by atoms with van der Waals surface area (Å²) < 4.78 is 5.12. The number of methoxy groups -OCH3 is 1. The molecule has 0 radical (unpaired) electrons. The Morgan fingerprint density at radius 1 is 1.14 bits per heavy atom. The Morgan fingerprint density at radius 3 is 2.67 bits per heavy atom. The van der Waals surface area contributed by atoms with Crippen molar-refractivity contribution in [3.05, 3.63) is 35.1 Å². The van der Waals surface area contributed by atoms with Gasteiger partial charge in [0.2, 0.25) is 17.2 Å². The fourth-order valence-corrected chi connectivity index (χ4v) is 2.00. The molecule has 0 spiro atoms. The van der Waals surface area contributed by atoms with Gasteiger partial charge in [0.15, 0.2) is 0 Å². The van der Waals surface area contributed by atoms with Crippen molar-refractivity contribution >= 4 is 29.2 Å². The van der Waals surface area contributed by atoms with Crippen LogP contribution < -0.4 is 10.6 Å². The van der Waals surface area contributed by atoms with Gasteiger partial charge in [-0.2, -0.15) is 15.0 Å². The van der Waals surface area contributed by atoms with Gasteiger partial charge in [0.05, 0.1) is 6.61 Å². The molecule has 0 amide bonds. The Hall–Kier alpha value is -1.92. The number of benzene rings is 1. The molecule has 1 heterocycles. The highest BCUT2D eigenvalue weighted by Crippen LogP contribution is 2.20. The van der Waals surface area contributed by atoms with Crippen molar-refractivity contribution in [2.24, 2.45) is 0 Å². The largest absolute Gasteiger partial charge is 0.384 e. The lowest BCUT2D eigenvalue weighted by Crippen LogP contribution is -2.07. The third-order valence-corrected chi connectivity index (χ3v) is 2.95. The lowest BCUT2D eigenvalue weighted by Gasteiger charge is -2.11. The van der Waals surface area contributed by atoms with E-state index < -0.39 is 0 Å². The molecule has 0 fully saturated rings.